The summed E-state index contributed by atoms with van der Waals surface area (Å²) in [7, 11) is 0. The summed E-state index contributed by atoms with van der Waals surface area (Å²) in [6.45, 7) is 7.20. The Morgan fingerprint density at radius 2 is 2.14 bits per heavy atom. The van der Waals surface area contributed by atoms with Gasteiger partial charge in [0.1, 0.15) is 0 Å². The molecule has 0 aliphatic rings. The lowest BCUT2D eigenvalue weighted by Crippen LogP contribution is -2.40. The van der Waals surface area contributed by atoms with E-state index in [1.807, 2.05) is 20.8 Å². The maximum absolute atomic E-state index is 11.2. The molecule has 0 bridgehead atoms. The van der Waals surface area contributed by atoms with Gasteiger partial charge in [0.25, 0.3) is 0 Å². The summed E-state index contributed by atoms with van der Waals surface area (Å²) in [6, 6.07) is -0.374. The Kier molecular flexibility index (Phi) is 7.42. The van der Waals surface area contributed by atoms with Gasteiger partial charge in [-0.05, 0) is 26.7 Å². The maximum Gasteiger partial charge on any atom is 0.236 e. The van der Waals surface area contributed by atoms with Crippen LogP contribution >= 0.6 is 0 Å². The van der Waals surface area contributed by atoms with Crippen LogP contribution in [0, 0.1) is 0 Å². The zero-order chi connectivity index (χ0) is 11.0. The molecule has 1 amide bonds. The summed E-state index contributed by atoms with van der Waals surface area (Å²) in [5.74, 6) is -0.0722. The van der Waals surface area contributed by atoms with Gasteiger partial charge >= 0.3 is 0 Å². The molecule has 0 radical (unpaired) electrons. The van der Waals surface area contributed by atoms with Crippen molar-refractivity contribution in [1.29, 1.82) is 0 Å². The Morgan fingerprint density at radius 1 is 1.50 bits per heavy atom. The summed E-state index contributed by atoms with van der Waals surface area (Å²) >= 11 is 0. The molecule has 4 nitrogen and oxygen atoms in total. The fourth-order valence-corrected chi connectivity index (χ4v) is 0.919. The second kappa shape index (κ2) is 7.76. The molecule has 0 saturated heterocycles. The van der Waals surface area contributed by atoms with Crippen LogP contribution in [0.15, 0.2) is 0 Å². The van der Waals surface area contributed by atoms with Gasteiger partial charge in [0, 0.05) is 13.2 Å². The van der Waals surface area contributed by atoms with Gasteiger partial charge in [-0.3, -0.25) is 4.79 Å². The van der Waals surface area contributed by atoms with Gasteiger partial charge in [-0.2, -0.15) is 0 Å². The molecule has 3 N–H and O–H groups in total. The van der Waals surface area contributed by atoms with Crippen LogP contribution in [0.2, 0.25) is 0 Å². The number of nitrogens with two attached hydrogens (primary N) is 1. The Morgan fingerprint density at radius 3 is 2.64 bits per heavy atom. The van der Waals surface area contributed by atoms with Crippen molar-refractivity contribution in [3.63, 3.8) is 0 Å². The fourth-order valence-electron chi connectivity index (χ4n) is 0.919. The predicted molar refractivity (Wildman–Crippen MR) is 57.0 cm³/mol. The van der Waals surface area contributed by atoms with Crippen LogP contribution < -0.4 is 11.1 Å². The van der Waals surface area contributed by atoms with E-state index in [0.29, 0.717) is 19.6 Å². The molecule has 0 heterocycles. The molecule has 0 rings (SSSR count). The van der Waals surface area contributed by atoms with Crippen molar-refractivity contribution in [2.45, 2.75) is 45.8 Å². The number of ether oxygens (including phenoxy) is 1. The van der Waals surface area contributed by atoms with E-state index in [1.54, 1.807) is 0 Å². The lowest BCUT2D eigenvalue weighted by Gasteiger charge is -2.10. The summed E-state index contributed by atoms with van der Waals surface area (Å²) in [6.07, 6.45) is 1.76. The van der Waals surface area contributed by atoms with Crippen LogP contribution in [0.4, 0.5) is 0 Å². The lowest BCUT2D eigenvalue weighted by molar-refractivity contribution is -0.122. The Balaban J connectivity index is 3.32. The van der Waals surface area contributed by atoms with Crippen molar-refractivity contribution in [3.05, 3.63) is 0 Å². The van der Waals surface area contributed by atoms with E-state index in [1.165, 1.54) is 0 Å². The Hall–Kier alpha value is -0.610. The zero-order valence-electron chi connectivity index (χ0n) is 9.38. The van der Waals surface area contributed by atoms with Gasteiger partial charge in [0.2, 0.25) is 5.91 Å². The topological polar surface area (TPSA) is 64.4 Å². The van der Waals surface area contributed by atoms with Crippen LogP contribution in [0.5, 0.6) is 0 Å². The first-order valence-electron chi connectivity index (χ1n) is 5.22. The molecule has 0 aromatic heterocycles. The number of carbonyl (C=O) groups is 1. The lowest BCUT2D eigenvalue weighted by atomic mass is 10.2. The first-order valence-corrected chi connectivity index (χ1v) is 5.22. The molecular weight excluding hydrogens is 180 g/mol. The highest BCUT2D eigenvalue weighted by atomic mass is 16.5. The molecule has 0 aromatic carbocycles. The SMILES string of the molecule is CCC(N)C(=O)NCCCOC(C)C. The highest BCUT2D eigenvalue weighted by Gasteiger charge is 2.08. The zero-order valence-corrected chi connectivity index (χ0v) is 9.38. The van der Waals surface area contributed by atoms with Gasteiger partial charge in [0.15, 0.2) is 0 Å². The minimum atomic E-state index is -0.374. The molecule has 0 aromatic rings. The summed E-state index contributed by atoms with van der Waals surface area (Å²) in [5, 5.41) is 2.76. The normalized spacial score (nSPS) is 12.9. The van der Waals surface area contributed by atoms with Gasteiger partial charge in [-0.15, -0.1) is 0 Å². The summed E-state index contributed by atoms with van der Waals surface area (Å²) < 4.78 is 5.33. The van der Waals surface area contributed by atoms with Crippen LogP contribution in [-0.2, 0) is 9.53 Å². The highest BCUT2D eigenvalue weighted by Crippen LogP contribution is 1.90. The van der Waals surface area contributed by atoms with E-state index in [4.69, 9.17) is 10.5 Å². The monoisotopic (exact) mass is 202 g/mol. The number of hydrogen-bond acceptors (Lipinski definition) is 3. The van der Waals surface area contributed by atoms with Crippen molar-refractivity contribution < 1.29 is 9.53 Å². The van der Waals surface area contributed by atoms with Crippen LogP contribution in [0.3, 0.4) is 0 Å². The van der Waals surface area contributed by atoms with Gasteiger partial charge in [0.05, 0.1) is 12.1 Å². The third-order valence-corrected chi connectivity index (χ3v) is 1.85. The Bertz CT molecular complexity index is 160. The van der Waals surface area contributed by atoms with Gasteiger partial charge in [-0.1, -0.05) is 6.92 Å². The van der Waals surface area contributed by atoms with Crippen molar-refractivity contribution >= 4 is 5.91 Å². The number of carbonyl (C=O) groups excluding carboxylic acids is 1. The van der Waals surface area contributed by atoms with Crippen molar-refractivity contribution in [2.75, 3.05) is 13.2 Å². The van der Waals surface area contributed by atoms with Crippen molar-refractivity contribution in [3.8, 4) is 0 Å². The van der Waals surface area contributed by atoms with E-state index in [0.717, 1.165) is 6.42 Å². The van der Waals surface area contributed by atoms with Crippen molar-refractivity contribution in [2.24, 2.45) is 5.73 Å². The molecule has 0 spiro atoms. The molecule has 0 saturated carbocycles. The molecule has 84 valence electrons. The fraction of sp³-hybridized carbons (Fsp3) is 0.900. The average Bonchev–Trinajstić information content (AvgIpc) is 2.15. The molecule has 1 unspecified atom stereocenters. The van der Waals surface area contributed by atoms with E-state index < -0.39 is 0 Å². The average molecular weight is 202 g/mol. The third kappa shape index (κ3) is 6.86. The van der Waals surface area contributed by atoms with Crippen molar-refractivity contribution in [1.82, 2.24) is 5.32 Å². The van der Waals surface area contributed by atoms with Gasteiger partial charge in [-0.25, -0.2) is 0 Å². The van der Waals surface area contributed by atoms with E-state index in [9.17, 15) is 4.79 Å². The van der Waals surface area contributed by atoms with E-state index in [2.05, 4.69) is 5.32 Å². The Labute approximate surface area is 86.2 Å². The smallest absolute Gasteiger partial charge is 0.236 e. The van der Waals surface area contributed by atoms with Crippen LogP contribution in [0.25, 0.3) is 0 Å². The second-order valence-electron chi connectivity index (χ2n) is 3.58. The number of nitrogens with one attached hydrogen (secondary N) is 1. The third-order valence-electron chi connectivity index (χ3n) is 1.85. The first-order chi connectivity index (χ1) is 6.57. The molecule has 14 heavy (non-hydrogen) atoms. The molecular formula is C10H22N2O2. The van der Waals surface area contributed by atoms with E-state index in [-0.39, 0.29) is 18.1 Å². The molecule has 0 fully saturated rings. The van der Waals surface area contributed by atoms with Crippen LogP contribution in [-0.4, -0.2) is 31.2 Å². The summed E-state index contributed by atoms with van der Waals surface area (Å²) in [5.41, 5.74) is 5.54. The number of amides is 1. The van der Waals surface area contributed by atoms with Gasteiger partial charge < -0.3 is 15.8 Å². The minimum absolute atomic E-state index is 0.0722. The maximum atomic E-state index is 11.2. The highest BCUT2D eigenvalue weighted by molar-refractivity contribution is 5.81. The van der Waals surface area contributed by atoms with Crippen LogP contribution in [0.1, 0.15) is 33.6 Å². The second-order valence-corrected chi connectivity index (χ2v) is 3.58. The number of rotatable bonds is 7. The molecule has 1 atom stereocenters. The predicted octanol–water partition coefficient (Wildman–Crippen LogP) is 0.655. The largest absolute Gasteiger partial charge is 0.379 e. The summed E-state index contributed by atoms with van der Waals surface area (Å²) in [4.78, 5) is 11.2. The quantitative estimate of drug-likeness (QED) is 0.596. The molecule has 0 aliphatic carbocycles. The number of hydrogen-bond donors (Lipinski definition) is 2. The first kappa shape index (κ1) is 13.4. The standard InChI is InChI=1S/C10H22N2O2/c1-4-9(11)10(13)12-6-5-7-14-8(2)3/h8-9H,4-7,11H2,1-3H3,(H,12,13). The van der Waals surface area contributed by atoms with E-state index >= 15 is 0 Å². The molecule has 0 aliphatic heterocycles. The molecule has 4 heteroatoms. The minimum Gasteiger partial charge on any atom is -0.379 e.